The number of nitrogens with one attached hydrogen (secondary N) is 2. The standard InChI is InChI=1S/C23H25ClN4O4S2/c1-28(2)15-6-4-13(10-15)14-5-8-18(24)17(11-14)21(29)26-22(30)27-23-25-19-9-7-16(34(3,31)32)12-20(19)33-23/h5,7-9,11-13,15H,4,6,10H2,1-3H3,(H2,25,26,27,29,30)/t13?,15-/m1/s1. The summed E-state index contributed by atoms with van der Waals surface area (Å²) in [6.45, 7) is 0. The van der Waals surface area contributed by atoms with E-state index in [-0.39, 0.29) is 20.6 Å². The third-order valence-corrected chi connectivity index (χ3v) is 8.45. The van der Waals surface area contributed by atoms with E-state index >= 15 is 0 Å². The minimum Gasteiger partial charge on any atom is -0.306 e. The van der Waals surface area contributed by atoms with Gasteiger partial charge in [-0.15, -0.1) is 0 Å². The van der Waals surface area contributed by atoms with E-state index in [0.717, 1.165) is 42.4 Å². The van der Waals surface area contributed by atoms with Gasteiger partial charge in [-0.3, -0.25) is 15.4 Å². The van der Waals surface area contributed by atoms with Gasteiger partial charge in [0.2, 0.25) is 0 Å². The number of urea groups is 1. The van der Waals surface area contributed by atoms with Crippen LogP contribution in [0.1, 0.15) is 41.1 Å². The number of thiazole rings is 1. The predicted molar refractivity (Wildman–Crippen MR) is 135 cm³/mol. The van der Waals surface area contributed by atoms with Crippen LogP contribution in [-0.4, -0.2) is 56.6 Å². The van der Waals surface area contributed by atoms with Crippen LogP contribution < -0.4 is 10.6 Å². The Bertz CT molecular complexity index is 1370. The van der Waals surface area contributed by atoms with Crippen molar-refractivity contribution in [3.63, 3.8) is 0 Å². The zero-order chi connectivity index (χ0) is 24.6. The number of benzene rings is 2. The van der Waals surface area contributed by atoms with Gasteiger partial charge < -0.3 is 4.90 Å². The molecule has 1 saturated carbocycles. The van der Waals surface area contributed by atoms with E-state index in [1.165, 1.54) is 12.1 Å². The molecule has 8 nitrogen and oxygen atoms in total. The molecule has 11 heteroatoms. The minimum atomic E-state index is -3.36. The van der Waals surface area contributed by atoms with Crippen molar-refractivity contribution in [1.29, 1.82) is 0 Å². The molecule has 1 heterocycles. The predicted octanol–water partition coefficient (Wildman–Crippen LogP) is 4.51. The second-order valence-electron chi connectivity index (χ2n) is 8.70. The summed E-state index contributed by atoms with van der Waals surface area (Å²) in [6, 6.07) is 9.70. The number of hydrogen-bond donors (Lipinski definition) is 2. The van der Waals surface area contributed by atoms with Crippen molar-refractivity contribution in [2.45, 2.75) is 36.1 Å². The van der Waals surface area contributed by atoms with E-state index in [1.54, 1.807) is 18.2 Å². The molecule has 3 amide bonds. The molecule has 2 atom stereocenters. The Hall–Kier alpha value is -2.53. The maximum atomic E-state index is 12.8. The van der Waals surface area contributed by atoms with Crippen LogP contribution in [0.5, 0.6) is 0 Å². The van der Waals surface area contributed by atoms with Crippen molar-refractivity contribution in [1.82, 2.24) is 15.2 Å². The minimum absolute atomic E-state index is 0.170. The van der Waals surface area contributed by atoms with E-state index in [4.69, 9.17) is 11.6 Å². The first-order chi connectivity index (χ1) is 16.0. The average Bonchev–Trinajstić information content (AvgIpc) is 3.39. The first kappa shape index (κ1) is 24.6. The summed E-state index contributed by atoms with van der Waals surface area (Å²) < 4.78 is 24.1. The van der Waals surface area contributed by atoms with Crippen molar-refractivity contribution in [3.8, 4) is 0 Å². The van der Waals surface area contributed by atoms with E-state index in [2.05, 4.69) is 34.6 Å². The first-order valence-electron chi connectivity index (χ1n) is 10.7. The number of fused-ring (bicyclic) bond motifs is 1. The molecule has 1 fully saturated rings. The lowest BCUT2D eigenvalue weighted by Crippen LogP contribution is -2.34. The van der Waals surface area contributed by atoms with E-state index in [0.29, 0.717) is 22.2 Å². The van der Waals surface area contributed by atoms with Gasteiger partial charge in [-0.05, 0) is 75.2 Å². The van der Waals surface area contributed by atoms with Crippen LogP contribution in [0.2, 0.25) is 5.02 Å². The summed E-state index contributed by atoms with van der Waals surface area (Å²) >= 11 is 7.38. The van der Waals surface area contributed by atoms with Crippen molar-refractivity contribution >= 4 is 60.1 Å². The van der Waals surface area contributed by atoms with Crippen LogP contribution in [-0.2, 0) is 9.84 Å². The summed E-state index contributed by atoms with van der Waals surface area (Å²) in [4.78, 5) is 31.9. The Morgan fingerprint density at radius 1 is 1.15 bits per heavy atom. The fourth-order valence-corrected chi connectivity index (χ4v) is 6.01. The number of amides is 3. The summed E-state index contributed by atoms with van der Waals surface area (Å²) in [6.07, 6.45) is 4.26. The highest BCUT2D eigenvalue weighted by Crippen LogP contribution is 2.37. The molecule has 0 bridgehead atoms. The van der Waals surface area contributed by atoms with Gasteiger partial charge in [-0.1, -0.05) is 29.0 Å². The number of sulfone groups is 1. The Labute approximate surface area is 207 Å². The molecular weight excluding hydrogens is 496 g/mol. The number of carbonyl (C=O) groups excluding carboxylic acids is 2. The Kier molecular flexibility index (Phi) is 6.95. The number of anilines is 1. The van der Waals surface area contributed by atoms with Crippen LogP contribution >= 0.6 is 22.9 Å². The third kappa shape index (κ3) is 5.41. The molecule has 0 saturated heterocycles. The van der Waals surface area contributed by atoms with Gasteiger partial charge >= 0.3 is 6.03 Å². The SMILES string of the molecule is CN(C)[C@@H]1CCC(c2ccc(Cl)c(C(=O)NC(=O)Nc3nc4ccc(S(C)(=O)=O)cc4s3)c2)C1. The maximum absolute atomic E-state index is 12.8. The summed E-state index contributed by atoms with van der Waals surface area (Å²) in [7, 11) is 0.787. The molecular formula is C23H25ClN4O4S2. The van der Waals surface area contributed by atoms with Gasteiger partial charge in [0.05, 0.1) is 25.7 Å². The number of nitrogens with zero attached hydrogens (tertiary/aromatic N) is 2. The van der Waals surface area contributed by atoms with Gasteiger partial charge in [0.25, 0.3) is 5.91 Å². The lowest BCUT2D eigenvalue weighted by atomic mass is 9.95. The van der Waals surface area contributed by atoms with Gasteiger partial charge in [-0.25, -0.2) is 18.2 Å². The van der Waals surface area contributed by atoms with Gasteiger partial charge in [0.15, 0.2) is 15.0 Å². The van der Waals surface area contributed by atoms with Crippen LogP contribution in [0.4, 0.5) is 9.93 Å². The number of aromatic nitrogens is 1. The zero-order valence-electron chi connectivity index (χ0n) is 19.0. The molecule has 1 aromatic heterocycles. The Morgan fingerprint density at radius 2 is 1.91 bits per heavy atom. The Balaban J connectivity index is 1.45. The summed E-state index contributed by atoms with van der Waals surface area (Å²) in [5.74, 6) is -0.267. The molecule has 180 valence electrons. The van der Waals surface area contributed by atoms with Crippen LogP contribution in [0.25, 0.3) is 10.2 Å². The fraction of sp³-hybridized carbons (Fsp3) is 0.348. The lowest BCUT2D eigenvalue weighted by molar-refractivity contribution is 0.0967. The van der Waals surface area contributed by atoms with Crippen molar-refractivity contribution < 1.29 is 18.0 Å². The van der Waals surface area contributed by atoms with Crippen molar-refractivity contribution in [2.24, 2.45) is 0 Å². The number of rotatable bonds is 5. The van der Waals surface area contributed by atoms with Crippen LogP contribution in [0.15, 0.2) is 41.3 Å². The van der Waals surface area contributed by atoms with E-state index < -0.39 is 21.8 Å². The normalized spacial score (nSPS) is 18.4. The Morgan fingerprint density at radius 3 is 2.59 bits per heavy atom. The molecule has 2 aromatic carbocycles. The lowest BCUT2D eigenvalue weighted by Gasteiger charge is -2.19. The van der Waals surface area contributed by atoms with Gasteiger partial charge in [0.1, 0.15) is 0 Å². The summed E-state index contributed by atoms with van der Waals surface area (Å²) in [5.41, 5.74) is 1.82. The second kappa shape index (κ2) is 9.61. The van der Waals surface area contributed by atoms with Crippen LogP contribution in [0, 0.1) is 0 Å². The van der Waals surface area contributed by atoms with E-state index in [1.807, 2.05) is 6.07 Å². The molecule has 2 N–H and O–H groups in total. The highest BCUT2D eigenvalue weighted by atomic mass is 35.5. The highest BCUT2D eigenvalue weighted by molar-refractivity contribution is 7.90. The largest absolute Gasteiger partial charge is 0.327 e. The quantitative estimate of drug-likeness (QED) is 0.512. The van der Waals surface area contributed by atoms with Crippen molar-refractivity contribution in [2.75, 3.05) is 25.7 Å². The van der Waals surface area contributed by atoms with Gasteiger partial charge in [-0.2, -0.15) is 0 Å². The number of carbonyl (C=O) groups is 2. The molecule has 0 spiro atoms. The number of hydrogen-bond acceptors (Lipinski definition) is 7. The third-order valence-electron chi connectivity index (χ3n) is 6.08. The molecule has 1 aliphatic rings. The average molecular weight is 521 g/mol. The topological polar surface area (TPSA) is 108 Å². The second-order valence-corrected chi connectivity index (χ2v) is 12.1. The smallest absolute Gasteiger partial charge is 0.306 e. The molecule has 4 rings (SSSR count). The highest BCUT2D eigenvalue weighted by Gasteiger charge is 2.28. The fourth-order valence-electron chi connectivity index (χ4n) is 4.19. The monoisotopic (exact) mass is 520 g/mol. The van der Waals surface area contributed by atoms with Gasteiger partial charge in [0, 0.05) is 12.3 Å². The zero-order valence-corrected chi connectivity index (χ0v) is 21.4. The maximum Gasteiger partial charge on any atom is 0.327 e. The summed E-state index contributed by atoms with van der Waals surface area (Å²) in [5, 5.41) is 5.35. The number of imide groups is 1. The molecule has 1 aliphatic carbocycles. The molecule has 1 unspecified atom stereocenters. The van der Waals surface area contributed by atoms with Crippen molar-refractivity contribution in [3.05, 3.63) is 52.5 Å². The first-order valence-corrected chi connectivity index (χ1v) is 13.8. The number of halogens is 1. The molecule has 0 radical (unpaired) electrons. The molecule has 3 aromatic rings. The van der Waals surface area contributed by atoms with E-state index in [9.17, 15) is 18.0 Å². The molecule has 34 heavy (non-hydrogen) atoms. The molecule has 0 aliphatic heterocycles. The van der Waals surface area contributed by atoms with Crippen LogP contribution in [0.3, 0.4) is 0 Å².